The quantitative estimate of drug-likeness (QED) is 0.785. The Morgan fingerprint density at radius 3 is 2.76 bits per heavy atom. The number of likely N-dealkylation sites (tertiary alicyclic amines) is 1. The van der Waals surface area contributed by atoms with Crippen LogP contribution in [0.1, 0.15) is 40.0 Å². The Kier molecular flexibility index (Phi) is 3.52. The van der Waals surface area contributed by atoms with Crippen molar-refractivity contribution in [3.8, 4) is 0 Å². The zero-order valence-electron chi connectivity index (χ0n) is 13.1. The number of carbonyl (C=O) groups is 2. The molecule has 3 rings (SSSR count). The maximum atomic E-state index is 12.9. The summed E-state index contributed by atoms with van der Waals surface area (Å²) in [6, 6.07) is -0.140. The van der Waals surface area contributed by atoms with Crippen LogP contribution in [0.4, 0.5) is 0 Å². The molecule has 5 nitrogen and oxygen atoms in total. The minimum absolute atomic E-state index is 0.0576. The number of fused-ring (bicyclic) bond motifs is 1. The van der Waals surface area contributed by atoms with Gasteiger partial charge < -0.3 is 15.5 Å². The number of carbonyl (C=O) groups excluding carboxylic acids is 2. The third-order valence-corrected chi connectivity index (χ3v) is 6.86. The Labute approximate surface area is 130 Å². The van der Waals surface area contributed by atoms with Crippen molar-refractivity contribution < 1.29 is 9.59 Å². The molecule has 3 fully saturated rings. The average Bonchev–Trinajstić information content (AvgIpc) is 2.89. The summed E-state index contributed by atoms with van der Waals surface area (Å²) in [6.45, 7) is 7.72. The molecule has 3 heterocycles. The van der Waals surface area contributed by atoms with Crippen LogP contribution in [0.25, 0.3) is 0 Å². The monoisotopic (exact) mass is 311 g/mol. The van der Waals surface area contributed by atoms with Gasteiger partial charge in [0.2, 0.25) is 11.8 Å². The molecule has 0 aromatic heterocycles. The van der Waals surface area contributed by atoms with Crippen molar-refractivity contribution in [1.29, 1.82) is 0 Å². The Balaban J connectivity index is 1.76. The van der Waals surface area contributed by atoms with Crippen molar-refractivity contribution >= 4 is 23.6 Å². The van der Waals surface area contributed by atoms with E-state index < -0.39 is 0 Å². The highest BCUT2D eigenvalue weighted by atomic mass is 32.2. The molecule has 6 heteroatoms. The molecule has 21 heavy (non-hydrogen) atoms. The number of piperidine rings is 1. The van der Waals surface area contributed by atoms with E-state index in [-0.39, 0.29) is 34.2 Å². The van der Waals surface area contributed by atoms with Crippen molar-refractivity contribution in [1.82, 2.24) is 9.80 Å². The number of nitrogens with zero attached hydrogens (tertiary/aromatic N) is 2. The van der Waals surface area contributed by atoms with Gasteiger partial charge in [0.05, 0.1) is 4.87 Å². The lowest BCUT2D eigenvalue weighted by Crippen LogP contribution is -2.58. The lowest BCUT2D eigenvalue weighted by molar-refractivity contribution is -0.146. The summed E-state index contributed by atoms with van der Waals surface area (Å²) < 4.78 is 0. The van der Waals surface area contributed by atoms with Gasteiger partial charge >= 0.3 is 0 Å². The van der Waals surface area contributed by atoms with Gasteiger partial charge in [-0.25, -0.2) is 0 Å². The van der Waals surface area contributed by atoms with Gasteiger partial charge in [-0.05, 0) is 25.2 Å². The van der Waals surface area contributed by atoms with Crippen LogP contribution in [0, 0.1) is 5.41 Å². The molecule has 0 radical (unpaired) electrons. The second-order valence-electron chi connectivity index (χ2n) is 7.41. The number of rotatable bonds is 1. The largest absolute Gasteiger partial charge is 0.340 e. The number of hydrogen-bond acceptors (Lipinski definition) is 4. The highest BCUT2D eigenvalue weighted by molar-refractivity contribution is 8.01. The smallest absolute Gasteiger partial charge is 0.246 e. The van der Waals surface area contributed by atoms with Gasteiger partial charge in [-0.15, -0.1) is 11.8 Å². The molecular weight excluding hydrogens is 286 g/mol. The molecule has 0 aromatic rings. The first-order valence-electron chi connectivity index (χ1n) is 7.75. The van der Waals surface area contributed by atoms with E-state index in [1.54, 1.807) is 11.8 Å². The molecule has 118 valence electrons. The Morgan fingerprint density at radius 1 is 1.38 bits per heavy atom. The summed E-state index contributed by atoms with van der Waals surface area (Å²) in [7, 11) is 0. The number of hydrogen-bond donors (Lipinski definition) is 1. The maximum Gasteiger partial charge on any atom is 0.246 e. The van der Waals surface area contributed by atoms with Gasteiger partial charge in [0.15, 0.2) is 0 Å². The van der Waals surface area contributed by atoms with Crippen molar-refractivity contribution in [3.05, 3.63) is 0 Å². The summed E-state index contributed by atoms with van der Waals surface area (Å²) >= 11 is 1.75. The molecule has 3 aliphatic heterocycles. The SMILES string of the molecule is CC1(C)CN(C(=O)C2CSC3(C)CCC(=O)N23)CCC1N. The summed E-state index contributed by atoms with van der Waals surface area (Å²) in [4.78, 5) is 28.7. The van der Waals surface area contributed by atoms with E-state index in [9.17, 15) is 9.59 Å². The summed E-state index contributed by atoms with van der Waals surface area (Å²) in [5.41, 5.74) is 6.09. The molecule has 3 unspecified atom stereocenters. The first kappa shape index (κ1) is 15.2. The predicted octanol–water partition coefficient (Wildman–Crippen LogP) is 1.03. The number of nitrogens with two attached hydrogens (primary N) is 1. The molecule has 3 saturated heterocycles. The zero-order chi connectivity index (χ0) is 15.4. The van der Waals surface area contributed by atoms with Crippen molar-refractivity contribution in [3.63, 3.8) is 0 Å². The fraction of sp³-hybridized carbons (Fsp3) is 0.867. The molecule has 3 aliphatic rings. The third kappa shape index (κ3) is 2.36. The molecule has 0 aliphatic carbocycles. The minimum atomic E-state index is -0.278. The fourth-order valence-corrected chi connectivity index (χ4v) is 5.20. The predicted molar refractivity (Wildman–Crippen MR) is 83.7 cm³/mol. The van der Waals surface area contributed by atoms with Crippen LogP contribution in [-0.2, 0) is 9.59 Å². The van der Waals surface area contributed by atoms with Crippen LogP contribution < -0.4 is 5.73 Å². The van der Waals surface area contributed by atoms with Crippen molar-refractivity contribution in [2.24, 2.45) is 11.1 Å². The minimum Gasteiger partial charge on any atom is -0.340 e. The second kappa shape index (κ2) is 4.88. The van der Waals surface area contributed by atoms with Crippen LogP contribution in [0.2, 0.25) is 0 Å². The van der Waals surface area contributed by atoms with Crippen LogP contribution in [0.3, 0.4) is 0 Å². The molecule has 3 atom stereocenters. The van der Waals surface area contributed by atoms with E-state index in [0.717, 1.165) is 18.6 Å². The highest BCUT2D eigenvalue weighted by Crippen LogP contribution is 2.47. The molecule has 2 amide bonds. The fourth-order valence-electron chi connectivity index (χ4n) is 3.78. The third-order valence-electron chi connectivity index (χ3n) is 5.35. The first-order valence-corrected chi connectivity index (χ1v) is 8.74. The van der Waals surface area contributed by atoms with E-state index in [1.165, 1.54) is 0 Å². The van der Waals surface area contributed by atoms with Crippen LogP contribution in [-0.4, -0.2) is 57.4 Å². The molecule has 0 aromatic carbocycles. The second-order valence-corrected chi connectivity index (χ2v) is 8.91. The lowest BCUT2D eigenvalue weighted by Gasteiger charge is -2.44. The zero-order valence-corrected chi connectivity index (χ0v) is 13.9. The van der Waals surface area contributed by atoms with Gasteiger partial charge in [0.1, 0.15) is 6.04 Å². The van der Waals surface area contributed by atoms with E-state index in [1.807, 2.05) is 9.80 Å². The molecule has 0 spiro atoms. The Bertz CT molecular complexity index is 482. The summed E-state index contributed by atoms with van der Waals surface area (Å²) in [5, 5.41) is 0. The molecule has 0 saturated carbocycles. The Hall–Kier alpha value is -0.750. The van der Waals surface area contributed by atoms with Gasteiger partial charge in [0.25, 0.3) is 0 Å². The van der Waals surface area contributed by atoms with Gasteiger partial charge in [0, 0.05) is 31.3 Å². The standard InChI is InChI=1S/C15H25N3O2S/c1-14(2)9-17(7-5-11(14)16)13(20)10-8-21-15(3)6-4-12(19)18(10)15/h10-11H,4-9,16H2,1-3H3. The lowest BCUT2D eigenvalue weighted by atomic mass is 9.79. The van der Waals surface area contributed by atoms with Crippen LogP contribution in [0.5, 0.6) is 0 Å². The van der Waals surface area contributed by atoms with Gasteiger partial charge in [-0.2, -0.15) is 0 Å². The molecule has 2 N–H and O–H groups in total. The van der Waals surface area contributed by atoms with E-state index in [2.05, 4.69) is 20.8 Å². The van der Waals surface area contributed by atoms with E-state index >= 15 is 0 Å². The topological polar surface area (TPSA) is 66.6 Å². The molecular formula is C15H25N3O2S. The van der Waals surface area contributed by atoms with Crippen LogP contribution in [0.15, 0.2) is 0 Å². The van der Waals surface area contributed by atoms with Gasteiger partial charge in [-0.1, -0.05) is 13.8 Å². The normalized spacial score (nSPS) is 38.8. The number of thioether (sulfide) groups is 1. The summed E-state index contributed by atoms with van der Waals surface area (Å²) in [5.74, 6) is 0.972. The van der Waals surface area contributed by atoms with Crippen molar-refractivity contribution in [2.45, 2.75) is 57.0 Å². The number of amides is 2. The average molecular weight is 311 g/mol. The first-order chi connectivity index (χ1) is 9.74. The Morgan fingerprint density at radius 2 is 2.10 bits per heavy atom. The summed E-state index contributed by atoms with van der Waals surface area (Å²) in [6.07, 6.45) is 2.27. The van der Waals surface area contributed by atoms with E-state index in [4.69, 9.17) is 5.73 Å². The highest BCUT2D eigenvalue weighted by Gasteiger charge is 2.54. The molecule has 0 bridgehead atoms. The maximum absolute atomic E-state index is 12.9. The van der Waals surface area contributed by atoms with E-state index in [0.29, 0.717) is 19.5 Å². The van der Waals surface area contributed by atoms with Crippen LogP contribution >= 0.6 is 11.8 Å². The van der Waals surface area contributed by atoms with Gasteiger partial charge in [-0.3, -0.25) is 9.59 Å². The van der Waals surface area contributed by atoms with Crippen molar-refractivity contribution in [2.75, 3.05) is 18.8 Å².